The molecule has 1 amide bonds. The molecule has 0 atom stereocenters. The van der Waals surface area contributed by atoms with Gasteiger partial charge in [0.1, 0.15) is 17.8 Å². The van der Waals surface area contributed by atoms with Gasteiger partial charge in [0, 0.05) is 37.9 Å². The Hall–Kier alpha value is -1.89. The molecule has 0 unspecified atom stereocenters. The molecule has 2 heterocycles. The van der Waals surface area contributed by atoms with E-state index in [1.165, 1.54) is 6.33 Å². The normalized spacial score (nSPS) is 15.2. The van der Waals surface area contributed by atoms with Gasteiger partial charge in [-0.2, -0.15) is 0 Å². The molecule has 0 bridgehead atoms. The summed E-state index contributed by atoms with van der Waals surface area (Å²) in [6, 6.07) is 6.85. The molecule has 132 valence electrons. The maximum Gasteiger partial charge on any atom is 0.272 e. The Kier molecular flexibility index (Phi) is 5.73. The second kappa shape index (κ2) is 7.99. The third-order valence-corrected chi connectivity index (χ3v) is 4.92. The van der Waals surface area contributed by atoms with Gasteiger partial charge in [-0.05, 0) is 24.7 Å². The van der Waals surface area contributed by atoms with E-state index in [1.807, 2.05) is 4.90 Å². The van der Waals surface area contributed by atoms with Crippen molar-refractivity contribution in [2.24, 2.45) is 0 Å². The molecule has 1 aliphatic heterocycles. The zero-order valence-corrected chi connectivity index (χ0v) is 15.4. The maximum absolute atomic E-state index is 12.6. The standard InChI is InChI=1S/C17H19Cl2N5O/c1-2-23-5-7-24(8-6-23)17(25)15-10-16(21-11-20-15)22-12-3-4-13(18)14(19)9-12/h3-4,9-11H,2,5-8H2,1H3,(H,20,21,22). The van der Waals surface area contributed by atoms with Crippen LogP contribution in [0.1, 0.15) is 17.4 Å². The fourth-order valence-electron chi connectivity index (χ4n) is 2.69. The lowest BCUT2D eigenvalue weighted by atomic mass is 10.2. The van der Waals surface area contributed by atoms with Gasteiger partial charge in [0.2, 0.25) is 0 Å². The topological polar surface area (TPSA) is 61.4 Å². The van der Waals surface area contributed by atoms with Crippen LogP contribution in [0.25, 0.3) is 0 Å². The van der Waals surface area contributed by atoms with Gasteiger partial charge in [0.25, 0.3) is 5.91 Å². The number of nitrogens with one attached hydrogen (secondary N) is 1. The Morgan fingerprint density at radius 2 is 1.88 bits per heavy atom. The van der Waals surface area contributed by atoms with Crippen molar-refractivity contribution in [1.29, 1.82) is 0 Å². The van der Waals surface area contributed by atoms with Crippen LogP contribution < -0.4 is 5.32 Å². The first-order valence-corrected chi connectivity index (χ1v) is 8.88. The Bertz CT molecular complexity index is 762. The van der Waals surface area contributed by atoms with Crippen molar-refractivity contribution in [2.75, 3.05) is 38.0 Å². The van der Waals surface area contributed by atoms with Crippen molar-refractivity contribution in [3.05, 3.63) is 46.3 Å². The number of carbonyl (C=O) groups is 1. The fourth-order valence-corrected chi connectivity index (χ4v) is 2.99. The number of likely N-dealkylation sites (N-methyl/N-ethyl adjacent to an activating group) is 1. The summed E-state index contributed by atoms with van der Waals surface area (Å²) in [5.74, 6) is 0.458. The van der Waals surface area contributed by atoms with Crippen LogP contribution in [0.5, 0.6) is 0 Å². The molecular weight excluding hydrogens is 361 g/mol. The Morgan fingerprint density at radius 3 is 2.56 bits per heavy atom. The number of halogens is 2. The predicted octanol–water partition coefficient (Wildman–Crippen LogP) is 3.30. The summed E-state index contributed by atoms with van der Waals surface area (Å²) in [4.78, 5) is 25.1. The molecule has 1 saturated heterocycles. The monoisotopic (exact) mass is 379 g/mol. The average Bonchev–Trinajstić information content (AvgIpc) is 2.64. The van der Waals surface area contributed by atoms with Gasteiger partial charge < -0.3 is 15.1 Å². The summed E-state index contributed by atoms with van der Waals surface area (Å²) in [6.45, 7) is 6.35. The van der Waals surface area contributed by atoms with Crippen molar-refractivity contribution < 1.29 is 4.79 Å². The van der Waals surface area contributed by atoms with E-state index >= 15 is 0 Å². The van der Waals surface area contributed by atoms with E-state index in [2.05, 4.69) is 27.1 Å². The van der Waals surface area contributed by atoms with Crippen LogP contribution in [0.3, 0.4) is 0 Å². The van der Waals surface area contributed by atoms with E-state index < -0.39 is 0 Å². The molecule has 1 aromatic heterocycles. The molecule has 25 heavy (non-hydrogen) atoms. The minimum absolute atomic E-state index is 0.0738. The smallest absolute Gasteiger partial charge is 0.272 e. The first-order valence-electron chi connectivity index (χ1n) is 8.12. The molecule has 0 radical (unpaired) electrons. The lowest BCUT2D eigenvalue weighted by molar-refractivity contribution is 0.0637. The molecule has 0 spiro atoms. The van der Waals surface area contributed by atoms with Gasteiger partial charge in [-0.15, -0.1) is 0 Å². The number of hydrogen-bond donors (Lipinski definition) is 1. The number of rotatable bonds is 4. The number of hydrogen-bond acceptors (Lipinski definition) is 5. The molecule has 8 heteroatoms. The number of anilines is 2. The molecule has 3 rings (SSSR count). The lowest BCUT2D eigenvalue weighted by Crippen LogP contribution is -2.48. The highest BCUT2D eigenvalue weighted by Gasteiger charge is 2.22. The molecule has 2 aromatic rings. The van der Waals surface area contributed by atoms with Gasteiger partial charge >= 0.3 is 0 Å². The SMILES string of the molecule is CCN1CCN(C(=O)c2cc(Nc3ccc(Cl)c(Cl)c3)ncn2)CC1. The minimum atomic E-state index is -0.0738. The molecule has 1 N–H and O–H groups in total. The van der Waals surface area contributed by atoms with Crippen LogP contribution in [0.15, 0.2) is 30.6 Å². The van der Waals surface area contributed by atoms with Gasteiger partial charge in [-0.3, -0.25) is 4.79 Å². The fraction of sp³-hybridized carbons (Fsp3) is 0.353. The zero-order chi connectivity index (χ0) is 17.8. The van der Waals surface area contributed by atoms with Crippen LogP contribution in [-0.4, -0.2) is 58.4 Å². The van der Waals surface area contributed by atoms with Crippen LogP contribution in [-0.2, 0) is 0 Å². The second-order valence-electron chi connectivity index (χ2n) is 5.77. The molecule has 1 aromatic carbocycles. The summed E-state index contributed by atoms with van der Waals surface area (Å²) >= 11 is 11.9. The van der Waals surface area contributed by atoms with E-state index in [0.717, 1.165) is 25.3 Å². The van der Waals surface area contributed by atoms with E-state index in [4.69, 9.17) is 23.2 Å². The first kappa shape index (κ1) is 17.9. The number of benzene rings is 1. The van der Waals surface area contributed by atoms with Gasteiger partial charge in [0.15, 0.2) is 0 Å². The number of amides is 1. The molecule has 0 aliphatic carbocycles. The number of aromatic nitrogens is 2. The van der Waals surface area contributed by atoms with Crippen LogP contribution in [0.2, 0.25) is 10.0 Å². The minimum Gasteiger partial charge on any atom is -0.340 e. The molecule has 0 saturated carbocycles. The summed E-state index contributed by atoms with van der Waals surface area (Å²) in [5.41, 5.74) is 1.12. The average molecular weight is 380 g/mol. The lowest BCUT2D eigenvalue weighted by Gasteiger charge is -2.33. The van der Waals surface area contributed by atoms with Gasteiger partial charge in [-0.1, -0.05) is 30.1 Å². The van der Waals surface area contributed by atoms with E-state index in [-0.39, 0.29) is 5.91 Å². The van der Waals surface area contributed by atoms with Crippen LogP contribution >= 0.6 is 23.2 Å². The molecule has 1 aliphatic rings. The highest BCUT2D eigenvalue weighted by Crippen LogP contribution is 2.26. The van der Waals surface area contributed by atoms with Crippen LogP contribution in [0.4, 0.5) is 11.5 Å². The third-order valence-electron chi connectivity index (χ3n) is 4.18. The highest BCUT2D eigenvalue weighted by atomic mass is 35.5. The Balaban J connectivity index is 1.70. The number of carbonyl (C=O) groups excluding carboxylic acids is 1. The van der Waals surface area contributed by atoms with E-state index in [0.29, 0.717) is 34.6 Å². The maximum atomic E-state index is 12.6. The van der Waals surface area contributed by atoms with Crippen molar-refractivity contribution >= 4 is 40.6 Å². The Morgan fingerprint density at radius 1 is 1.12 bits per heavy atom. The third kappa shape index (κ3) is 4.39. The molecule has 1 fully saturated rings. The first-order chi connectivity index (χ1) is 12.1. The van der Waals surface area contributed by atoms with Crippen molar-refractivity contribution in [3.63, 3.8) is 0 Å². The number of piperazine rings is 1. The van der Waals surface area contributed by atoms with Crippen molar-refractivity contribution in [1.82, 2.24) is 19.8 Å². The Labute approximate surface area is 156 Å². The quantitative estimate of drug-likeness (QED) is 0.882. The van der Waals surface area contributed by atoms with Crippen LogP contribution in [0, 0.1) is 0 Å². The largest absolute Gasteiger partial charge is 0.340 e. The zero-order valence-electron chi connectivity index (χ0n) is 13.9. The summed E-state index contributed by atoms with van der Waals surface area (Å²) in [7, 11) is 0. The van der Waals surface area contributed by atoms with Gasteiger partial charge in [-0.25, -0.2) is 9.97 Å². The van der Waals surface area contributed by atoms with E-state index in [1.54, 1.807) is 24.3 Å². The van der Waals surface area contributed by atoms with Gasteiger partial charge in [0.05, 0.1) is 10.0 Å². The second-order valence-corrected chi connectivity index (χ2v) is 6.58. The predicted molar refractivity (Wildman–Crippen MR) is 99.8 cm³/mol. The summed E-state index contributed by atoms with van der Waals surface area (Å²) < 4.78 is 0. The summed E-state index contributed by atoms with van der Waals surface area (Å²) in [6.07, 6.45) is 1.38. The number of nitrogens with zero attached hydrogens (tertiary/aromatic N) is 4. The van der Waals surface area contributed by atoms with Crippen molar-refractivity contribution in [2.45, 2.75) is 6.92 Å². The summed E-state index contributed by atoms with van der Waals surface area (Å²) in [5, 5.41) is 4.05. The highest BCUT2D eigenvalue weighted by molar-refractivity contribution is 6.42. The van der Waals surface area contributed by atoms with Crippen molar-refractivity contribution in [3.8, 4) is 0 Å². The molecular formula is C17H19Cl2N5O. The van der Waals surface area contributed by atoms with E-state index in [9.17, 15) is 4.79 Å². The molecule has 6 nitrogen and oxygen atoms in total.